The molecule has 0 bridgehead atoms. The molecule has 0 saturated carbocycles. The van der Waals surface area contributed by atoms with Crippen molar-refractivity contribution in [3.05, 3.63) is 65.7 Å². The summed E-state index contributed by atoms with van der Waals surface area (Å²) in [6.07, 6.45) is 1.72. The molecule has 2 aromatic carbocycles. The van der Waals surface area contributed by atoms with Crippen molar-refractivity contribution in [3.8, 4) is 5.75 Å². The first kappa shape index (κ1) is 19.0. The van der Waals surface area contributed by atoms with Gasteiger partial charge in [0.05, 0.1) is 19.8 Å². The Morgan fingerprint density at radius 2 is 2.07 bits per heavy atom. The first-order valence-corrected chi connectivity index (χ1v) is 9.95. The first-order chi connectivity index (χ1) is 13.7. The van der Waals surface area contributed by atoms with Crippen molar-refractivity contribution in [2.75, 3.05) is 39.5 Å². The lowest BCUT2D eigenvalue weighted by molar-refractivity contribution is -0.0557. The van der Waals surface area contributed by atoms with E-state index in [9.17, 15) is 9.90 Å². The van der Waals surface area contributed by atoms with Crippen molar-refractivity contribution in [2.24, 2.45) is 11.3 Å². The SMILES string of the molecule is O=C(c1cccc(OCCc2ccccc2)c1)N1C[C@@H]2CCOC[C@]2(CO)C1. The molecular formula is C23H27NO4. The highest BCUT2D eigenvalue weighted by Gasteiger charge is 2.49. The number of nitrogens with zero attached hydrogens (tertiary/aromatic N) is 1. The van der Waals surface area contributed by atoms with Crippen LogP contribution in [0.5, 0.6) is 5.75 Å². The van der Waals surface area contributed by atoms with E-state index in [-0.39, 0.29) is 17.9 Å². The molecule has 0 radical (unpaired) electrons. The van der Waals surface area contributed by atoms with Crippen molar-refractivity contribution in [2.45, 2.75) is 12.8 Å². The van der Waals surface area contributed by atoms with Crippen LogP contribution < -0.4 is 4.74 Å². The van der Waals surface area contributed by atoms with Gasteiger partial charge in [0.25, 0.3) is 5.91 Å². The highest BCUT2D eigenvalue weighted by Crippen LogP contribution is 2.41. The molecule has 1 amide bonds. The Hall–Kier alpha value is -2.37. The molecular weight excluding hydrogens is 354 g/mol. The van der Waals surface area contributed by atoms with Gasteiger partial charge < -0.3 is 19.5 Å². The second-order valence-corrected chi connectivity index (χ2v) is 7.86. The third kappa shape index (κ3) is 3.91. The van der Waals surface area contributed by atoms with Crippen LogP contribution in [-0.4, -0.2) is 55.4 Å². The molecule has 148 valence electrons. The zero-order valence-corrected chi connectivity index (χ0v) is 16.0. The molecule has 2 atom stereocenters. The summed E-state index contributed by atoms with van der Waals surface area (Å²) in [4.78, 5) is 14.9. The molecule has 2 fully saturated rings. The van der Waals surface area contributed by atoms with Crippen LogP contribution >= 0.6 is 0 Å². The summed E-state index contributed by atoms with van der Waals surface area (Å²) in [5, 5.41) is 9.92. The van der Waals surface area contributed by atoms with E-state index in [0.717, 1.165) is 12.8 Å². The Kier molecular flexibility index (Phi) is 5.64. The van der Waals surface area contributed by atoms with Gasteiger partial charge in [-0.1, -0.05) is 36.4 Å². The second-order valence-electron chi connectivity index (χ2n) is 7.86. The second kappa shape index (κ2) is 8.33. The first-order valence-electron chi connectivity index (χ1n) is 9.95. The number of benzene rings is 2. The Bertz CT molecular complexity index is 809. The molecule has 0 spiro atoms. The number of amides is 1. The number of ether oxygens (including phenoxy) is 2. The normalized spacial score (nSPS) is 24.0. The van der Waals surface area contributed by atoms with Gasteiger partial charge in [0.1, 0.15) is 5.75 Å². The van der Waals surface area contributed by atoms with Gasteiger partial charge in [-0.2, -0.15) is 0 Å². The summed E-state index contributed by atoms with van der Waals surface area (Å²) >= 11 is 0. The fraction of sp³-hybridized carbons (Fsp3) is 0.435. The van der Waals surface area contributed by atoms with Crippen molar-refractivity contribution in [1.82, 2.24) is 4.90 Å². The van der Waals surface area contributed by atoms with Crippen molar-refractivity contribution >= 4 is 5.91 Å². The summed E-state index contributed by atoms with van der Waals surface area (Å²) in [6, 6.07) is 17.6. The molecule has 5 nitrogen and oxygen atoms in total. The molecule has 0 unspecified atom stereocenters. The van der Waals surface area contributed by atoms with Gasteiger partial charge in [0.15, 0.2) is 0 Å². The minimum atomic E-state index is -0.308. The molecule has 1 N–H and O–H groups in total. The Balaban J connectivity index is 1.39. The smallest absolute Gasteiger partial charge is 0.254 e. The van der Waals surface area contributed by atoms with Crippen LogP contribution in [-0.2, 0) is 11.2 Å². The summed E-state index contributed by atoms with van der Waals surface area (Å²) in [5.74, 6) is 1.01. The van der Waals surface area contributed by atoms with Crippen LogP contribution in [0.1, 0.15) is 22.3 Å². The minimum absolute atomic E-state index is 0.00395. The van der Waals surface area contributed by atoms with Gasteiger partial charge in [-0.25, -0.2) is 0 Å². The van der Waals surface area contributed by atoms with E-state index in [0.29, 0.717) is 50.1 Å². The van der Waals surface area contributed by atoms with Crippen LogP contribution in [0.15, 0.2) is 54.6 Å². The van der Waals surface area contributed by atoms with E-state index < -0.39 is 0 Å². The zero-order valence-electron chi connectivity index (χ0n) is 16.0. The van der Waals surface area contributed by atoms with Crippen LogP contribution in [0.2, 0.25) is 0 Å². The molecule has 2 heterocycles. The quantitative estimate of drug-likeness (QED) is 0.836. The third-order valence-electron chi connectivity index (χ3n) is 6.00. The van der Waals surface area contributed by atoms with Gasteiger partial charge in [-0.15, -0.1) is 0 Å². The summed E-state index contributed by atoms with van der Waals surface area (Å²) in [7, 11) is 0. The molecule has 0 aliphatic carbocycles. The maximum absolute atomic E-state index is 13.0. The predicted octanol–water partition coefficient (Wildman–Crippen LogP) is 2.78. The number of rotatable bonds is 6. The Morgan fingerprint density at radius 3 is 2.86 bits per heavy atom. The standard InChI is InChI=1S/C23H27NO4/c25-16-23-15-24(14-20(23)10-11-27-17-23)22(26)19-7-4-8-21(13-19)28-12-9-18-5-2-1-3-6-18/h1-8,13,20,25H,9-12,14-17H2/t20-,23+/m0/s1. The number of carbonyl (C=O) groups is 1. The number of aliphatic hydroxyl groups excluding tert-OH is 1. The maximum Gasteiger partial charge on any atom is 0.254 e. The Morgan fingerprint density at radius 1 is 1.21 bits per heavy atom. The number of hydrogen-bond acceptors (Lipinski definition) is 4. The fourth-order valence-electron chi connectivity index (χ4n) is 4.31. The topological polar surface area (TPSA) is 59.0 Å². The average Bonchev–Trinajstić information content (AvgIpc) is 3.14. The summed E-state index contributed by atoms with van der Waals surface area (Å²) in [5.41, 5.74) is 1.55. The highest BCUT2D eigenvalue weighted by atomic mass is 16.5. The van der Waals surface area contributed by atoms with Crippen molar-refractivity contribution < 1.29 is 19.4 Å². The molecule has 2 aliphatic heterocycles. The fourth-order valence-corrected chi connectivity index (χ4v) is 4.31. The van der Waals surface area contributed by atoms with E-state index in [4.69, 9.17) is 9.47 Å². The van der Waals surface area contributed by atoms with Gasteiger partial charge in [0.2, 0.25) is 0 Å². The molecule has 0 aromatic heterocycles. The minimum Gasteiger partial charge on any atom is -0.493 e. The molecule has 5 heteroatoms. The lowest BCUT2D eigenvalue weighted by atomic mass is 9.76. The van der Waals surface area contributed by atoms with Crippen LogP contribution in [0.4, 0.5) is 0 Å². The van der Waals surface area contributed by atoms with E-state index >= 15 is 0 Å². The van der Waals surface area contributed by atoms with Crippen molar-refractivity contribution in [3.63, 3.8) is 0 Å². The van der Waals surface area contributed by atoms with Gasteiger partial charge in [0, 0.05) is 37.1 Å². The van der Waals surface area contributed by atoms with Gasteiger partial charge >= 0.3 is 0 Å². The van der Waals surface area contributed by atoms with E-state index in [2.05, 4.69) is 12.1 Å². The molecule has 28 heavy (non-hydrogen) atoms. The maximum atomic E-state index is 13.0. The monoisotopic (exact) mass is 381 g/mol. The summed E-state index contributed by atoms with van der Waals surface area (Å²) in [6.45, 7) is 3.09. The third-order valence-corrected chi connectivity index (χ3v) is 6.00. The van der Waals surface area contributed by atoms with Gasteiger partial charge in [-0.05, 0) is 36.1 Å². The van der Waals surface area contributed by atoms with E-state index in [1.807, 2.05) is 47.4 Å². The molecule has 4 rings (SSSR count). The van der Waals surface area contributed by atoms with Crippen LogP contribution in [0.3, 0.4) is 0 Å². The Labute approximate surface area is 165 Å². The highest BCUT2D eigenvalue weighted by molar-refractivity contribution is 5.94. The van der Waals surface area contributed by atoms with Gasteiger partial charge in [-0.3, -0.25) is 4.79 Å². The number of likely N-dealkylation sites (tertiary alicyclic amines) is 1. The average molecular weight is 381 g/mol. The lowest BCUT2D eigenvalue weighted by Crippen LogP contribution is -2.43. The van der Waals surface area contributed by atoms with Crippen LogP contribution in [0, 0.1) is 11.3 Å². The molecule has 2 aliphatic rings. The predicted molar refractivity (Wildman–Crippen MR) is 106 cm³/mol. The number of aliphatic hydroxyl groups is 1. The number of hydrogen-bond donors (Lipinski definition) is 1. The number of carbonyl (C=O) groups excluding carboxylic acids is 1. The number of fused-ring (bicyclic) bond motifs is 1. The van der Waals surface area contributed by atoms with E-state index in [1.54, 1.807) is 0 Å². The van der Waals surface area contributed by atoms with Crippen LogP contribution in [0.25, 0.3) is 0 Å². The largest absolute Gasteiger partial charge is 0.493 e. The molecule has 2 aromatic rings. The zero-order chi connectivity index (χ0) is 19.4. The summed E-state index contributed by atoms with van der Waals surface area (Å²) < 4.78 is 11.5. The van der Waals surface area contributed by atoms with Crippen molar-refractivity contribution in [1.29, 1.82) is 0 Å². The molecule has 2 saturated heterocycles. The lowest BCUT2D eigenvalue weighted by Gasteiger charge is -2.36. The van der Waals surface area contributed by atoms with E-state index in [1.165, 1.54) is 5.56 Å².